The topological polar surface area (TPSA) is 186 Å². The van der Waals surface area contributed by atoms with Gasteiger partial charge in [0.05, 0.1) is 17.8 Å². The Hall–Kier alpha value is -3.00. The standard InChI is InChI=1S/C27H30N8O6S5/c1-12-9-43-26(45-12)29-16-5-3-4-14(18(16)31-25(41)34-7-6-28-24(34)40)8-17(36)30-19-21(37)35-20(23(38)39)15(10-42-22(19)35)11-44-27-33-32-13(2)46-27/h3-4,12,19,22,26H,5-11H2,1-2H3,(H,28,40)(H,30,36)(H,31,41)(H,38,39)/t12?,19?,22-,26?/m0/s1. The van der Waals surface area contributed by atoms with E-state index in [0.29, 0.717) is 52.3 Å². The predicted octanol–water partition coefficient (Wildman–Crippen LogP) is 2.61. The second-order valence-electron chi connectivity index (χ2n) is 10.7. The van der Waals surface area contributed by atoms with Gasteiger partial charge in [0.25, 0.3) is 5.91 Å². The Morgan fingerprint density at radius 2 is 2.07 bits per heavy atom. The quantitative estimate of drug-likeness (QED) is 0.216. The van der Waals surface area contributed by atoms with Crippen molar-refractivity contribution < 1.29 is 29.1 Å². The number of aromatic nitrogens is 2. The Morgan fingerprint density at radius 3 is 2.74 bits per heavy atom. The van der Waals surface area contributed by atoms with Crippen molar-refractivity contribution in [2.24, 2.45) is 4.99 Å². The molecule has 1 aliphatic carbocycles. The molecule has 5 aliphatic rings. The number of rotatable bonds is 9. The number of amides is 6. The number of aryl methyl sites for hydroxylation is 1. The summed E-state index contributed by atoms with van der Waals surface area (Å²) in [5.74, 6) is -0.466. The summed E-state index contributed by atoms with van der Waals surface area (Å²) in [5, 5.41) is 27.0. The first kappa shape index (κ1) is 32.9. The number of hydrogen-bond donors (Lipinski definition) is 4. The number of urea groups is 2. The van der Waals surface area contributed by atoms with Gasteiger partial charge in [-0.25, -0.2) is 19.3 Å². The summed E-state index contributed by atoms with van der Waals surface area (Å²) in [7, 11) is 0. The van der Waals surface area contributed by atoms with Gasteiger partial charge in [0.15, 0.2) is 4.34 Å². The second kappa shape index (κ2) is 14.0. The lowest BCUT2D eigenvalue weighted by molar-refractivity contribution is -0.150. The second-order valence-corrected chi connectivity index (χ2v) is 17.2. The molecule has 244 valence electrons. The molecule has 1 aromatic heterocycles. The molecule has 0 radical (unpaired) electrons. The maximum Gasteiger partial charge on any atom is 0.352 e. The van der Waals surface area contributed by atoms with Gasteiger partial charge in [-0.3, -0.25) is 19.5 Å². The summed E-state index contributed by atoms with van der Waals surface area (Å²) in [6.07, 6.45) is 3.89. The minimum absolute atomic E-state index is 0.0559. The van der Waals surface area contributed by atoms with Crippen LogP contribution in [0.1, 0.15) is 24.8 Å². The molecular formula is C27H30N8O6S5. The molecule has 0 saturated carbocycles. The first-order valence-corrected chi connectivity index (χ1v) is 19.2. The molecule has 14 nitrogen and oxygen atoms in total. The van der Waals surface area contributed by atoms with Gasteiger partial charge < -0.3 is 21.1 Å². The number of carbonyl (C=O) groups is 5. The van der Waals surface area contributed by atoms with Gasteiger partial charge in [0.1, 0.15) is 26.8 Å². The number of fused-ring (bicyclic) bond motifs is 1. The summed E-state index contributed by atoms with van der Waals surface area (Å²) in [6, 6.07) is -2.01. The van der Waals surface area contributed by atoms with Crippen LogP contribution in [-0.4, -0.2) is 112 Å². The summed E-state index contributed by atoms with van der Waals surface area (Å²) in [6.45, 7) is 4.53. The number of aliphatic carboxylic acids is 1. The average Bonchev–Trinajstić information content (AvgIpc) is 3.76. The van der Waals surface area contributed by atoms with E-state index in [2.05, 4.69) is 33.1 Å². The molecule has 3 fully saturated rings. The number of thioether (sulfide) groups is 4. The number of allylic oxidation sites excluding steroid dienone is 3. The zero-order valence-electron chi connectivity index (χ0n) is 24.7. The third-order valence-electron chi connectivity index (χ3n) is 7.45. The summed E-state index contributed by atoms with van der Waals surface area (Å²) >= 11 is 7.61. The fourth-order valence-corrected chi connectivity index (χ4v) is 11.5. The van der Waals surface area contributed by atoms with Crippen molar-refractivity contribution >= 4 is 93.9 Å². The number of aliphatic imine (C=N–C) groups is 1. The van der Waals surface area contributed by atoms with Crippen LogP contribution < -0.4 is 16.0 Å². The van der Waals surface area contributed by atoms with Crippen LogP contribution >= 0.6 is 58.4 Å². The van der Waals surface area contributed by atoms with Crippen LogP contribution in [0.25, 0.3) is 0 Å². The van der Waals surface area contributed by atoms with Crippen molar-refractivity contribution in [1.29, 1.82) is 0 Å². The molecule has 0 aromatic carbocycles. The van der Waals surface area contributed by atoms with E-state index in [-0.39, 0.29) is 23.4 Å². The van der Waals surface area contributed by atoms with Gasteiger partial charge in [0.2, 0.25) is 5.91 Å². The molecule has 4 atom stereocenters. The number of imide groups is 1. The van der Waals surface area contributed by atoms with Gasteiger partial charge in [-0.1, -0.05) is 42.2 Å². The normalized spacial score (nSPS) is 26.8. The highest BCUT2D eigenvalue weighted by Gasteiger charge is 2.54. The van der Waals surface area contributed by atoms with Crippen LogP contribution in [0.5, 0.6) is 0 Å². The van der Waals surface area contributed by atoms with Crippen molar-refractivity contribution in [1.82, 2.24) is 35.9 Å². The van der Waals surface area contributed by atoms with Crippen LogP contribution in [0.2, 0.25) is 0 Å². The summed E-state index contributed by atoms with van der Waals surface area (Å²) in [5.41, 5.74) is 2.03. The maximum atomic E-state index is 13.4. The third-order valence-corrected chi connectivity index (χ3v) is 13.9. The Bertz CT molecular complexity index is 1610. The lowest BCUT2D eigenvalue weighted by Crippen LogP contribution is -2.70. The highest BCUT2D eigenvalue weighted by Crippen LogP contribution is 2.42. The van der Waals surface area contributed by atoms with E-state index in [1.807, 2.05) is 13.0 Å². The molecule has 4 aliphatic heterocycles. The van der Waals surface area contributed by atoms with E-state index < -0.39 is 41.3 Å². The minimum atomic E-state index is -1.20. The molecule has 1 aromatic rings. The molecule has 0 spiro atoms. The van der Waals surface area contributed by atoms with Crippen LogP contribution in [-0.2, 0) is 14.4 Å². The van der Waals surface area contributed by atoms with E-state index >= 15 is 0 Å². The van der Waals surface area contributed by atoms with Crippen LogP contribution in [0.4, 0.5) is 9.59 Å². The number of carbonyl (C=O) groups excluding carboxylic acids is 4. The molecule has 6 amide bonds. The average molecular weight is 723 g/mol. The lowest BCUT2D eigenvalue weighted by atomic mass is 9.97. The van der Waals surface area contributed by atoms with E-state index in [0.717, 1.165) is 20.0 Å². The molecule has 46 heavy (non-hydrogen) atoms. The molecule has 5 heterocycles. The molecule has 4 N–H and O–H groups in total. The van der Waals surface area contributed by atoms with Crippen LogP contribution in [0.3, 0.4) is 0 Å². The van der Waals surface area contributed by atoms with Gasteiger partial charge in [0, 0.05) is 42.0 Å². The Labute approximate surface area is 285 Å². The Balaban J connectivity index is 1.16. The van der Waals surface area contributed by atoms with Crippen molar-refractivity contribution in [2.45, 2.75) is 52.4 Å². The minimum Gasteiger partial charge on any atom is -0.477 e. The van der Waals surface area contributed by atoms with Gasteiger partial charge in [-0.05, 0) is 18.1 Å². The number of nitrogens with zero attached hydrogens (tertiary/aromatic N) is 5. The number of nitrogens with one attached hydrogen (secondary N) is 3. The third kappa shape index (κ3) is 6.97. The van der Waals surface area contributed by atoms with E-state index in [1.54, 1.807) is 29.6 Å². The van der Waals surface area contributed by atoms with Crippen molar-refractivity contribution in [3.8, 4) is 0 Å². The highest BCUT2D eigenvalue weighted by atomic mass is 32.2. The van der Waals surface area contributed by atoms with Crippen molar-refractivity contribution in [3.05, 3.63) is 39.7 Å². The highest BCUT2D eigenvalue weighted by molar-refractivity contribution is 8.20. The Kier molecular flexibility index (Phi) is 10.0. The van der Waals surface area contributed by atoms with Crippen molar-refractivity contribution in [2.75, 3.05) is 30.3 Å². The SMILES string of the molecule is Cc1nnc(SCC2=C(C(=O)O)N3C(=O)C(NC(=O)CC4=C(NC(=O)N5CCNC5=O)C(=NC5SCC(C)S5)CC=C4)[C@@H]3SC2)s1. The molecular weight excluding hydrogens is 693 g/mol. The van der Waals surface area contributed by atoms with Crippen molar-refractivity contribution in [3.63, 3.8) is 0 Å². The van der Waals surface area contributed by atoms with Gasteiger partial charge >= 0.3 is 18.0 Å². The van der Waals surface area contributed by atoms with E-state index in [1.165, 1.54) is 39.8 Å². The zero-order chi connectivity index (χ0) is 32.5. The molecule has 6 rings (SSSR count). The number of carboxylic acid groups (broad SMARTS) is 1. The molecule has 3 saturated heterocycles. The van der Waals surface area contributed by atoms with Crippen LogP contribution in [0, 0.1) is 6.92 Å². The fourth-order valence-electron chi connectivity index (χ4n) is 5.31. The summed E-state index contributed by atoms with van der Waals surface area (Å²) in [4.78, 5) is 71.3. The van der Waals surface area contributed by atoms with Crippen LogP contribution in [0.15, 0.2) is 44.0 Å². The first-order valence-electron chi connectivity index (χ1n) is 14.3. The molecule has 0 bridgehead atoms. The van der Waals surface area contributed by atoms with E-state index in [9.17, 15) is 29.1 Å². The predicted molar refractivity (Wildman–Crippen MR) is 180 cm³/mol. The van der Waals surface area contributed by atoms with Gasteiger partial charge in [-0.15, -0.1) is 45.5 Å². The zero-order valence-corrected chi connectivity index (χ0v) is 28.8. The monoisotopic (exact) mass is 722 g/mol. The summed E-state index contributed by atoms with van der Waals surface area (Å²) < 4.78 is 0.661. The van der Waals surface area contributed by atoms with E-state index in [4.69, 9.17) is 4.99 Å². The molecule has 19 heteroatoms. The fraction of sp³-hybridized carbons (Fsp3) is 0.481. The van der Waals surface area contributed by atoms with Gasteiger partial charge in [-0.2, -0.15) is 0 Å². The lowest BCUT2D eigenvalue weighted by Gasteiger charge is -2.49. The largest absolute Gasteiger partial charge is 0.477 e. The number of β-lactam (4-membered cyclic amide) rings is 1. The maximum absolute atomic E-state index is 13.4. The first-order chi connectivity index (χ1) is 22.1. The smallest absolute Gasteiger partial charge is 0.352 e. The number of hydrogen-bond acceptors (Lipinski definition) is 13. The number of carboxylic acids is 1. The molecule has 3 unspecified atom stereocenters. The Morgan fingerprint density at radius 1 is 1.24 bits per heavy atom.